The van der Waals surface area contributed by atoms with Gasteiger partial charge in [-0.25, -0.2) is 0 Å². The summed E-state index contributed by atoms with van der Waals surface area (Å²) in [5.41, 5.74) is 0. The minimum Gasteiger partial charge on any atom is -0.357 e. The molecule has 1 saturated heterocycles. The second-order valence-corrected chi connectivity index (χ2v) is 7.75. The zero-order valence-electron chi connectivity index (χ0n) is 18.0. The zero-order valence-corrected chi connectivity index (χ0v) is 20.4. The third kappa shape index (κ3) is 9.07. The standard InChI is InChI=1S/C20H38N6O.HI/c1-5-21-20(22-12-10-11-19-24-17(4)25-27-19)23-15-18(16(2)3)26-13-8-6-7-9-14-26;/h16,18H,5-15H2,1-4H3,(H2,21,22,23);1H. The molecular formula is C20H39IN6O. The van der Waals surface area contributed by atoms with Gasteiger partial charge in [-0.3, -0.25) is 9.89 Å². The van der Waals surface area contributed by atoms with Gasteiger partial charge in [0.15, 0.2) is 11.8 Å². The minimum atomic E-state index is 0. The average molecular weight is 506 g/mol. The van der Waals surface area contributed by atoms with Crippen molar-refractivity contribution in [3.05, 3.63) is 11.7 Å². The van der Waals surface area contributed by atoms with Gasteiger partial charge in [-0.05, 0) is 52.1 Å². The van der Waals surface area contributed by atoms with Crippen LogP contribution in [0.1, 0.15) is 64.6 Å². The quantitative estimate of drug-likeness (QED) is 0.232. The van der Waals surface area contributed by atoms with Gasteiger partial charge < -0.3 is 15.2 Å². The minimum absolute atomic E-state index is 0. The van der Waals surface area contributed by atoms with Gasteiger partial charge in [0, 0.05) is 25.6 Å². The SMILES string of the molecule is CCNC(=NCC(C(C)C)N1CCCCCC1)NCCCc1nc(C)no1.I. The van der Waals surface area contributed by atoms with Gasteiger partial charge in [-0.1, -0.05) is 31.8 Å². The number of hydrogen-bond acceptors (Lipinski definition) is 5. The van der Waals surface area contributed by atoms with Crippen LogP contribution in [0.2, 0.25) is 0 Å². The van der Waals surface area contributed by atoms with E-state index in [0.29, 0.717) is 23.7 Å². The number of aliphatic imine (C=N–C) groups is 1. The lowest BCUT2D eigenvalue weighted by Crippen LogP contribution is -2.44. The van der Waals surface area contributed by atoms with Crippen LogP contribution in [0.15, 0.2) is 9.52 Å². The van der Waals surface area contributed by atoms with Crippen LogP contribution < -0.4 is 10.6 Å². The van der Waals surface area contributed by atoms with E-state index in [0.717, 1.165) is 38.4 Å². The molecule has 0 radical (unpaired) electrons. The second kappa shape index (κ2) is 14.1. The van der Waals surface area contributed by atoms with Crippen LogP contribution in [0.5, 0.6) is 0 Å². The number of nitrogens with zero attached hydrogens (tertiary/aromatic N) is 4. The highest BCUT2D eigenvalue weighted by Crippen LogP contribution is 2.17. The number of hydrogen-bond donors (Lipinski definition) is 2. The van der Waals surface area contributed by atoms with E-state index in [1.807, 2.05) is 6.92 Å². The van der Waals surface area contributed by atoms with Gasteiger partial charge in [-0.15, -0.1) is 24.0 Å². The number of nitrogens with one attached hydrogen (secondary N) is 2. The Balaban J connectivity index is 0.00000392. The van der Waals surface area contributed by atoms with E-state index in [2.05, 4.69) is 46.4 Å². The smallest absolute Gasteiger partial charge is 0.226 e. The molecule has 1 unspecified atom stereocenters. The number of aromatic nitrogens is 2. The summed E-state index contributed by atoms with van der Waals surface area (Å²) < 4.78 is 5.16. The fourth-order valence-corrected chi connectivity index (χ4v) is 3.59. The summed E-state index contributed by atoms with van der Waals surface area (Å²) in [5, 5.41) is 10.6. The lowest BCUT2D eigenvalue weighted by atomic mass is 10.0. The van der Waals surface area contributed by atoms with E-state index in [4.69, 9.17) is 9.52 Å². The van der Waals surface area contributed by atoms with Crippen molar-refractivity contribution in [2.75, 3.05) is 32.7 Å². The molecule has 1 fully saturated rings. The molecule has 0 saturated carbocycles. The summed E-state index contributed by atoms with van der Waals surface area (Å²) >= 11 is 0. The molecule has 1 aromatic rings. The van der Waals surface area contributed by atoms with Crippen molar-refractivity contribution in [3.8, 4) is 0 Å². The van der Waals surface area contributed by atoms with Gasteiger partial charge >= 0.3 is 0 Å². The van der Waals surface area contributed by atoms with E-state index >= 15 is 0 Å². The summed E-state index contributed by atoms with van der Waals surface area (Å²) in [6, 6.07) is 0.514. The van der Waals surface area contributed by atoms with Crippen LogP contribution in [0.3, 0.4) is 0 Å². The summed E-state index contributed by atoms with van der Waals surface area (Å²) in [7, 11) is 0. The molecule has 8 heteroatoms. The van der Waals surface area contributed by atoms with Crippen molar-refractivity contribution in [2.24, 2.45) is 10.9 Å². The Morgan fingerprint density at radius 2 is 1.89 bits per heavy atom. The highest BCUT2D eigenvalue weighted by molar-refractivity contribution is 14.0. The molecular weight excluding hydrogens is 467 g/mol. The van der Waals surface area contributed by atoms with Gasteiger partial charge in [-0.2, -0.15) is 4.98 Å². The van der Waals surface area contributed by atoms with Crippen LogP contribution in [-0.4, -0.2) is 59.8 Å². The maximum absolute atomic E-state index is 5.16. The van der Waals surface area contributed by atoms with Gasteiger partial charge in [0.2, 0.25) is 5.89 Å². The second-order valence-electron chi connectivity index (χ2n) is 7.75. The van der Waals surface area contributed by atoms with Crippen molar-refractivity contribution in [1.29, 1.82) is 0 Å². The molecule has 0 aromatic carbocycles. The normalized spacial score (nSPS) is 17.1. The van der Waals surface area contributed by atoms with E-state index in [1.54, 1.807) is 0 Å². The first-order valence-electron chi connectivity index (χ1n) is 10.7. The Morgan fingerprint density at radius 1 is 1.18 bits per heavy atom. The molecule has 1 aliphatic heterocycles. The molecule has 2 heterocycles. The third-order valence-electron chi connectivity index (χ3n) is 5.09. The lowest BCUT2D eigenvalue weighted by molar-refractivity contribution is 0.166. The molecule has 2 N–H and O–H groups in total. The Bertz CT molecular complexity index is 555. The van der Waals surface area contributed by atoms with Gasteiger partial charge in [0.25, 0.3) is 0 Å². The van der Waals surface area contributed by atoms with E-state index in [9.17, 15) is 0 Å². The number of aryl methyl sites for hydroxylation is 2. The highest BCUT2D eigenvalue weighted by atomic mass is 127. The molecule has 1 aliphatic rings. The lowest BCUT2D eigenvalue weighted by Gasteiger charge is -2.32. The Labute approximate surface area is 187 Å². The van der Waals surface area contributed by atoms with Crippen molar-refractivity contribution >= 4 is 29.9 Å². The topological polar surface area (TPSA) is 78.6 Å². The van der Waals surface area contributed by atoms with Crippen molar-refractivity contribution in [2.45, 2.75) is 72.3 Å². The van der Waals surface area contributed by atoms with Crippen LogP contribution in [0, 0.1) is 12.8 Å². The predicted molar refractivity (Wildman–Crippen MR) is 125 cm³/mol. The van der Waals surface area contributed by atoms with Gasteiger partial charge in [0.05, 0.1) is 6.54 Å². The monoisotopic (exact) mass is 506 g/mol. The van der Waals surface area contributed by atoms with Crippen LogP contribution in [-0.2, 0) is 6.42 Å². The number of likely N-dealkylation sites (tertiary alicyclic amines) is 1. The molecule has 0 spiro atoms. The third-order valence-corrected chi connectivity index (χ3v) is 5.09. The average Bonchev–Trinajstić information content (AvgIpc) is 2.88. The first-order valence-corrected chi connectivity index (χ1v) is 10.7. The maximum atomic E-state index is 5.16. The summed E-state index contributed by atoms with van der Waals surface area (Å²) in [6.07, 6.45) is 7.10. The highest BCUT2D eigenvalue weighted by Gasteiger charge is 2.22. The maximum Gasteiger partial charge on any atom is 0.226 e. The molecule has 0 bridgehead atoms. The number of guanidine groups is 1. The molecule has 162 valence electrons. The first-order chi connectivity index (χ1) is 13.1. The Kier molecular flexibility index (Phi) is 12.7. The zero-order chi connectivity index (χ0) is 19.5. The Hall–Kier alpha value is -0.900. The molecule has 0 amide bonds. The summed E-state index contributed by atoms with van der Waals surface area (Å²) in [6.45, 7) is 13.6. The van der Waals surface area contributed by atoms with Crippen molar-refractivity contribution in [3.63, 3.8) is 0 Å². The van der Waals surface area contributed by atoms with Crippen LogP contribution >= 0.6 is 24.0 Å². The predicted octanol–water partition coefficient (Wildman–Crippen LogP) is 3.38. The summed E-state index contributed by atoms with van der Waals surface area (Å²) in [4.78, 5) is 11.8. The molecule has 1 aromatic heterocycles. The molecule has 1 atom stereocenters. The van der Waals surface area contributed by atoms with E-state index < -0.39 is 0 Å². The fourth-order valence-electron chi connectivity index (χ4n) is 3.59. The molecule has 7 nitrogen and oxygen atoms in total. The van der Waals surface area contributed by atoms with Gasteiger partial charge in [0.1, 0.15) is 0 Å². The Morgan fingerprint density at radius 3 is 2.46 bits per heavy atom. The first kappa shape index (κ1) is 25.1. The van der Waals surface area contributed by atoms with Crippen molar-refractivity contribution < 1.29 is 4.52 Å². The van der Waals surface area contributed by atoms with Crippen LogP contribution in [0.4, 0.5) is 0 Å². The van der Waals surface area contributed by atoms with Crippen LogP contribution in [0.25, 0.3) is 0 Å². The molecule has 28 heavy (non-hydrogen) atoms. The molecule has 0 aliphatic carbocycles. The largest absolute Gasteiger partial charge is 0.357 e. The number of rotatable bonds is 9. The number of halogens is 1. The van der Waals surface area contributed by atoms with E-state index in [1.165, 1.54) is 38.8 Å². The van der Waals surface area contributed by atoms with Crippen molar-refractivity contribution in [1.82, 2.24) is 25.7 Å². The molecule has 2 rings (SSSR count). The van der Waals surface area contributed by atoms with E-state index in [-0.39, 0.29) is 24.0 Å². The fraction of sp³-hybridized carbons (Fsp3) is 0.850. The summed E-state index contributed by atoms with van der Waals surface area (Å²) in [5.74, 6) is 2.91.